The van der Waals surface area contributed by atoms with Crippen molar-refractivity contribution in [3.05, 3.63) is 24.0 Å². The summed E-state index contributed by atoms with van der Waals surface area (Å²) >= 11 is 3.49. The van der Waals surface area contributed by atoms with Crippen LogP contribution < -0.4 is 4.74 Å². The van der Waals surface area contributed by atoms with Crippen LogP contribution in [0.4, 0.5) is 0 Å². The molecule has 0 bridgehead atoms. The number of nitrogens with zero attached hydrogens (tertiary/aromatic N) is 2. The first kappa shape index (κ1) is 13.3. The number of piperidine rings is 1. The van der Waals surface area contributed by atoms with Gasteiger partial charge in [-0.3, -0.25) is 9.78 Å². The van der Waals surface area contributed by atoms with Gasteiger partial charge in [-0.05, 0) is 25.3 Å². The quantitative estimate of drug-likeness (QED) is 0.805. The second kappa shape index (κ2) is 6.18. The van der Waals surface area contributed by atoms with Crippen molar-refractivity contribution >= 4 is 21.8 Å². The third kappa shape index (κ3) is 2.66. The van der Waals surface area contributed by atoms with Gasteiger partial charge < -0.3 is 9.64 Å². The molecule has 0 spiro atoms. The molecular formula is C13H17BrN2O2. The summed E-state index contributed by atoms with van der Waals surface area (Å²) in [5.74, 6) is 0.583. The topological polar surface area (TPSA) is 42.4 Å². The Labute approximate surface area is 115 Å². The summed E-state index contributed by atoms with van der Waals surface area (Å²) in [6.45, 7) is 0.820. The van der Waals surface area contributed by atoms with Gasteiger partial charge in [0.05, 0.1) is 18.9 Å². The molecule has 0 aromatic carbocycles. The fourth-order valence-corrected chi connectivity index (χ4v) is 2.98. The number of ether oxygens (including phenoxy) is 1. The van der Waals surface area contributed by atoms with Crippen molar-refractivity contribution in [3.8, 4) is 5.75 Å². The number of aromatic nitrogens is 1. The summed E-state index contributed by atoms with van der Waals surface area (Å²) in [7, 11) is 1.56. The predicted molar refractivity (Wildman–Crippen MR) is 73.3 cm³/mol. The van der Waals surface area contributed by atoms with E-state index in [4.69, 9.17) is 4.74 Å². The predicted octanol–water partition coefficient (Wildman–Crippen LogP) is 2.48. The zero-order valence-electron chi connectivity index (χ0n) is 10.4. The van der Waals surface area contributed by atoms with Crippen molar-refractivity contribution in [2.45, 2.75) is 25.3 Å². The maximum atomic E-state index is 12.5. The van der Waals surface area contributed by atoms with Crippen LogP contribution in [-0.4, -0.2) is 40.8 Å². The Bertz CT molecular complexity index is 425. The molecule has 2 rings (SSSR count). The smallest absolute Gasteiger partial charge is 0.258 e. The molecule has 1 fully saturated rings. The average molecular weight is 313 g/mol. The van der Waals surface area contributed by atoms with Gasteiger partial charge in [-0.25, -0.2) is 0 Å². The first-order chi connectivity index (χ1) is 8.77. The summed E-state index contributed by atoms with van der Waals surface area (Å²) in [5.41, 5.74) is 0.598. The number of pyridine rings is 1. The van der Waals surface area contributed by atoms with E-state index >= 15 is 0 Å². The van der Waals surface area contributed by atoms with Crippen LogP contribution in [0.3, 0.4) is 0 Å². The maximum absolute atomic E-state index is 12.5. The summed E-state index contributed by atoms with van der Waals surface area (Å²) in [6, 6.07) is 2.00. The Morgan fingerprint density at radius 1 is 1.61 bits per heavy atom. The SMILES string of the molecule is COc1cnccc1C(=O)N1CCCCC1CBr. The molecule has 1 atom stereocenters. The Hall–Kier alpha value is -1.10. The lowest BCUT2D eigenvalue weighted by molar-refractivity contribution is 0.0638. The van der Waals surface area contributed by atoms with Gasteiger partial charge in [0.25, 0.3) is 5.91 Å². The average Bonchev–Trinajstić information content (AvgIpc) is 2.46. The van der Waals surface area contributed by atoms with Crippen LogP contribution in [0.2, 0.25) is 0 Å². The molecule has 1 unspecified atom stereocenters. The second-order valence-corrected chi connectivity index (χ2v) is 5.03. The first-order valence-corrected chi connectivity index (χ1v) is 7.25. The first-order valence-electron chi connectivity index (χ1n) is 6.13. The van der Waals surface area contributed by atoms with Crippen molar-refractivity contribution < 1.29 is 9.53 Å². The second-order valence-electron chi connectivity index (χ2n) is 4.38. The molecule has 1 aliphatic heterocycles. The van der Waals surface area contributed by atoms with Gasteiger partial charge in [0.2, 0.25) is 0 Å². The van der Waals surface area contributed by atoms with E-state index in [-0.39, 0.29) is 11.9 Å². The van der Waals surface area contributed by atoms with Gasteiger partial charge in [0, 0.05) is 24.1 Å². The third-order valence-electron chi connectivity index (χ3n) is 3.30. The van der Waals surface area contributed by atoms with Crippen molar-refractivity contribution in [1.82, 2.24) is 9.88 Å². The lowest BCUT2D eigenvalue weighted by atomic mass is 10.0. The number of alkyl halides is 1. The Morgan fingerprint density at radius 3 is 3.17 bits per heavy atom. The largest absolute Gasteiger partial charge is 0.494 e. The molecule has 0 radical (unpaired) electrons. The zero-order valence-corrected chi connectivity index (χ0v) is 12.0. The van der Waals surface area contributed by atoms with Crippen LogP contribution in [0.15, 0.2) is 18.5 Å². The highest BCUT2D eigenvalue weighted by atomic mass is 79.9. The molecular weight excluding hydrogens is 296 g/mol. The zero-order chi connectivity index (χ0) is 13.0. The number of hydrogen-bond acceptors (Lipinski definition) is 3. The molecule has 4 nitrogen and oxygen atoms in total. The highest BCUT2D eigenvalue weighted by Crippen LogP contribution is 2.24. The van der Waals surface area contributed by atoms with Gasteiger partial charge >= 0.3 is 0 Å². The van der Waals surface area contributed by atoms with Gasteiger partial charge in [-0.2, -0.15) is 0 Å². The lowest BCUT2D eigenvalue weighted by Gasteiger charge is -2.35. The molecule has 5 heteroatoms. The van der Waals surface area contributed by atoms with Gasteiger partial charge in [0.15, 0.2) is 0 Å². The van der Waals surface area contributed by atoms with E-state index in [0.29, 0.717) is 11.3 Å². The number of carbonyl (C=O) groups excluding carboxylic acids is 1. The molecule has 1 saturated heterocycles. The standard InChI is InChI=1S/C13H17BrN2O2/c1-18-12-9-15-6-5-11(12)13(17)16-7-3-2-4-10(16)8-14/h5-6,9-10H,2-4,7-8H2,1H3. The minimum atomic E-state index is 0.0402. The molecule has 18 heavy (non-hydrogen) atoms. The number of rotatable bonds is 3. The van der Waals surface area contributed by atoms with Crippen LogP contribution in [-0.2, 0) is 0 Å². The van der Waals surface area contributed by atoms with Crippen LogP contribution >= 0.6 is 15.9 Å². The van der Waals surface area contributed by atoms with E-state index in [0.717, 1.165) is 24.7 Å². The van der Waals surface area contributed by atoms with Crippen molar-refractivity contribution in [2.75, 3.05) is 19.0 Å². The number of hydrogen-bond donors (Lipinski definition) is 0. The summed E-state index contributed by atoms with van der Waals surface area (Å²) in [6.07, 6.45) is 6.53. The third-order valence-corrected chi connectivity index (χ3v) is 4.05. The van der Waals surface area contributed by atoms with Crippen LogP contribution in [0, 0.1) is 0 Å². The van der Waals surface area contributed by atoms with Crippen molar-refractivity contribution in [2.24, 2.45) is 0 Å². The number of amides is 1. The fraction of sp³-hybridized carbons (Fsp3) is 0.538. The minimum Gasteiger partial charge on any atom is -0.494 e. The van der Waals surface area contributed by atoms with Gasteiger partial charge in [0.1, 0.15) is 5.75 Å². The molecule has 2 heterocycles. The Morgan fingerprint density at radius 2 is 2.44 bits per heavy atom. The molecule has 0 saturated carbocycles. The van der Waals surface area contributed by atoms with E-state index in [1.165, 1.54) is 6.42 Å². The summed E-state index contributed by atoms with van der Waals surface area (Å²) in [5, 5.41) is 0.826. The highest BCUT2D eigenvalue weighted by molar-refractivity contribution is 9.09. The minimum absolute atomic E-state index is 0.0402. The molecule has 0 aliphatic carbocycles. The normalized spacial score (nSPS) is 19.7. The van der Waals surface area contributed by atoms with Crippen LogP contribution in [0.5, 0.6) is 5.75 Å². The monoisotopic (exact) mass is 312 g/mol. The number of halogens is 1. The van der Waals surface area contributed by atoms with Crippen molar-refractivity contribution in [1.29, 1.82) is 0 Å². The fourth-order valence-electron chi connectivity index (χ4n) is 2.30. The van der Waals surface area contributed by atoms with Gasteiger partial charge in [-0.15, -0.1) is 0 Å². The van der Waals surface area contributed by atoms with Gasteiger partial charge in [-0.1, -0.05) is 15.9 Å². The van der Waals surface area contributed by atoms with Crippen LogP contribution in [0.1, 0.15) is 29.6 Å². The molecule has 1 aromatic heterocycles. The molecule has 1 amide bonds. The lowest BCUT2D eigenvalue weighted by Crippen LogP contribution is -2.44. The highest BCUT2D eigenvalue weighted by Gasteiger charge is 2.28. The molecule has 98 valence electrons. The van der Waals surface area contributed by atoms with E-state index < -0.39 is 0 Å². The van der Waals surface area contributed by atoms with E-state index in [2.05, 4.69) is 20.9 Å². The van der Waals surface area contributed by atoms with E-state index in [1.54, 1.807) is 25.6 Å². The van der Waals surface area contributed by atoms with Crippen molar-refractivity contribution in [3.63, 3.8) is 0 Å². The van der Waals surface area contributed by atoms with Crippen LogP contribution in [0.25, 0.3) is 0 Å². The molecule has 1 aromatic rings. The van der Waals surface area contributed by atoms with E-state index in [9.17, 15) is 4.79 Å². The number of likely N-dealkylation sites (tertiary alicyclic amines) is 1. The number of methoxy groups -OCH3 is 1. The summed E-state index contributed by atoms with van der Waals surface area (Å²) < 4.78 is 5.20. The maximum Gasteiger partial charge on any atom is 0.258 e. The van der Waals surface area contributed by atoms with E-state index in [1.807, 2.05) is 4.90 Å². The Kier molecular flexibility index (Phi) is 4.58. The number of carbonyl (C=O) groups is 1. The summed E-state index contributed by atoms with van der Waals surface area (Å²) in [4.78, 5) is 18.5. The molecule has 1 aliphatic rings. The molecule has 0 N–H and O–H groups in total. The Balaban J connectivity index is 2.24.